The summed E-state index contributed by atoms with van der Waals surface area (Å²) in [5.74, 6) is -0.848. The Hall–Kier alpha value is -1.08. The molecule has 1 N–H and O–H groups in total. The van der Waals surface area contributed by atoms with Gasteiger partial charge in [-0.15, -0.1) is 13.2 Å². The van der Waals surface area contributed by atoms with Crippen molar-refractivity contribution in [2.24, 2.45) is 0 Å². The smallest absolute Gasteiger partial charge is 0.405 e. The summed E-state index contributed by atoms with van der Waals surface area (Å²) >= 11 is -2.20. The van der Waals surface area contributed by atoms with Gasteiger partial charge in [0.15, 0.2) is 11.1 Å². The van der Waals surface area contributed by atoms with Crippen LogP contribution in [0.4, 0.5) is 13.2 Å². The molecule has 1 unspecified atom stereocenters. The zero-order valence-electron chi connectivity index (χ0n) is 7.32. The van der Waals surface area contributed by atoms with Crippen molar-refractivity contribution in [3.05, 3.63) is 29.8 Å². The van der Waals surface area contributed by atoms with Gasteiger partial charge in [-0.1, -0.05) is 18.2 Å². The Morgan fingerprint density at radius 2 is 1.93 bits per heavy atom. The molecule has 0 fully saturated rings. The van der Waals surface area contributed by atoms with Crippen LogP contribution in [0.3, 0.4) is 0 Å². The largest absolute Gasteiger partial charge is 0.573 e. The van der Waals surface area contributed by atoms with Gasteiger partial charge in [-0.2, -0.15) is 0 Å². The Kier molecular flexibility index (Phi) is 3.70. The maximum Gasteiger partial charge on any atom is 0.573 e. The maximum absolute atomic E-state index is 11.9. The molecular weight excluding hydrogens is 233 g/mol. The van der Waals surface area contributed by atoms with E-state index in [1.807, 2.05) is 0 Å². The molecule has 0 amide bonds. The van der Waals surface area contributed by atoms with Gasteiger partial charge in [0.2, 0.25) is 0 Å². The minimum Gasteiger partial charge on any atom is -0.405 e. The zero-order valence-corrected chi connectivity index (χ0v) is 8.14. The van der Waals surface area contributed by atoms with Crippen LogP contribution in [0.1, 0.15) is 5.56 Å². The van der Waals surface area contributed by atoms with Crippen molar-refractivity contribution >= 4 is 11.1 Å². The van der Waals surface area contributed by atoms with Crippen molar-refractivity contribution in [3.8, 4) is 5.75 Å². The highest BCUT2D eigenvalue weighted by Gasteiger charge is 2.32. The lowest BCUT2D eigenvalue weighted by atomic mass is 10.2. The average Bonchev–Trinajstić information content (AvgIpc) is 2.05. The van der Waals surface area contributed by atoms with Crippen LogP contribution in [0.15, 0.2) is 24.3 Å². The predicted octanol–water partition coefficient (Wildman–Crippen LogP) is 2.31. The van der Waals surface area contributed by atoms with E-state index >= 15 is 0 Å². The van der Waals surface area contributed by atoms with Gasteiger partial charge in [-0.25, -0.2) is 4.21 Å². The monoisotopic (exact) mass is 240 g/mol. The number of alkyl halides is 3. The highest BCUT2D eigenvalue weighted by atomic mass is 32.2. The summed E-state index contributed by atoms with van der Waals surface area (Å²) in [6, 6.07) is 5.21. The Bertz CT molecular complexity index is 364. The van der Waals surface area contributed by atoms with Crippen LogP contribution in [-0.2, 0) is 16.8 Å². The standard InChI is InChI=1S/C8H7F3O3S/c9-8(10,11)14-7-4-2-1-3-6(7)5-15(12)13/h1-4H,5H2,(H,12,13). The Morgan fingerprint density at radius 3 is 2.47 bits per heavy atom. The number of benzene rings is 1. The molecule has 0 bridgehead atoms. The van der Waals surface area contributed by atoms with Crippen LogP contribution in [-0.4, -0.2) is 15.1 Å². The number of halogens is 3. The molecule has 15 heavy (non-hydrogen) atoms. The second kappa shape index (κ2) is 4.63. The number of rotatable bonds is 3. The van der Waals surface area contributed by atoms with Crippen molar-refractivity contribution in [2.75, 3.05) is 0 Å². The summed E-state index contributed by atoms with van der Waals surface area (Å²) in [6.45, 7) is 0. The summed E-state index contributed by atoms with van der Waals surface area (Å²) in [5, 5.41) is 0. The number of ether oxygens (including phenoxy) is 1. The normalized spacial score (nSPS) is 13.6. The molecule has 0 aliphatic heterocycles. The van der Waals surface area contributed by atoms with Crippen LogP contribution < -0.4 is 4.74 Å². The van der Waals surface area contributed by atoms with Gasteiger partial charge >= 0.3 is 6.36 Å². The van der Waals surface area contributed by atoms with Crippen molar-refractivity contribution < 1.29 is 26.7 Å². The minimum atomic E-state index is -4.80. The molecule has 0 heterocycles. The van der Waals surface area contributed by atoms with E-state index in [1.165, 1.54) is 18.2 Å². The molecule has 0 aliphatic carbocycles. The van der Waals surface area contributed by atoms with Crippen LogP contribution in [0, 0.1) is 0 Å². The van der Waals surface area contributed by atoms with Gasteiger partial charge < -0.3 is 9.29 Å². The average molecular weight is 240 g/mol. The summed E-state index contributed by atoms with van der Waals surface area (Å²) in [4.78, 5) is 0. The fourth-order valence-electron chi connectivity index (χ4n) is 0.980. The summed E-state index contributed by atoms with van der Waals surface area (Å²) < 4.78 is 58.4. The van der Waals surface area contributed by atoms with E-state index < -0.39 is 28.9 Å². The second-order valence-corrected chi connectivity index (χ2v) is 3.55. The van der Waals surface area contributed by atoms with E-state index in [0.29, 0.717) is 0 Å². The van der Waals surface area contributed by atoms with Crippen LogP contribution >= 0.6 is 0 Å². The van der Waals surface area contributed by atoms with Crippen LogP contribution in [0.5, 0.6) is 5.75 Å². The summed E-state index contributed by atoms with van der Waals surface area (Å²) in [5.41, 5.74) is 0.0376. The summed E-state index contributed by atoms with van der Waals surface area (Å²) in [7, 11) is 0. The van der Waals surface area contributed by atoms with Gasteiger partial charge in [-0.05, 0) is 6.07 Å². The van der Waals surface area contributed by atoms with Gasteiger partial charge in [0.25, 0.3) is 0 Å². The third-order valence-corrected chi connectivity index (χ3v) is 2.04. The Morgan fingerprint density at radius 1 is 1.33 bits per heavy atom. The van der Waals surface area contributed by atoms with Crippen LogP contribution in [0.2, 0.25) is 0 Å². The maximum atomic E-state index is 11.9. The third kappa shape index (κ3) is 4.30. The Labute approximate surface area is 86.1 Å². The van der Waals surface area contributed by atoms with Crippen LogP contribution in [0.25, 0.3) is 0 Å². The topological polar surface area (TPSA) is 46.5 Å². The molecule has 0 saturated heterocycles. The first-order valence-electron chi connectivity index (χ1n) is 3.79. The minimum absolute atomic E-state index is 0.0376. The lowest BCUT2D eigenvalue weighted by Crippen LogP contribution is -2.18. The van der Waals surface area contributed by atoms with E-state index in [-0.39, 0.29) is 5.56 Å². The first kappa shape index (κ1) is 12.0. The van der Waals surface area contributed by atoms with Gasteiger partial charge in [0, 0.05) is 5.56 Å². The predicted molar refractivity (Wildman–Crippen MR) is 47.6 cm³/mol. The quantitative estimate of drug-likeness (QED) is 0.824. The molecule has 0 radical (unpaired) electrons. The molecule has 0 saturated carbocycles. The van der Waals surface area contributed by atoms with Gasteiger partial charge in [-0.3, -0.25) is 0 Å². The lowest BCUT2D eigenvalue weighted by molar-refractivity contribution is -0.274. The molecule has 1 rings (SSSR count). The van der Waals surface area contributed by atoms with Crippen molar-refractivity contribution in [3.63, 3.8) is 0 Å². The highest BCUT2D eigenvalue weighted by molar-refractivity contribution is 7.78. The molecule has 0 aliphatic rings. The molecule has 84 valence electrons. The highest BCUT2D eigenvalue weighted by Crippen LogP contribution is 2.26. The van der Waals surface area contributed by atoms with E-state index in [4.69, 9.17) is 4.55 Å². The molecular formula is C8H7F3O3S. The van der Waals surface area contributed by atoms with Crippen molar-refractivity contribution in [2.45, 2.75) is 12.1 Å². The van der Waals surface area contributed by atoms with E-state index in [1.54, 1.807) is 0 Å². The molecule has 1 aromatic carbocycles. The Balaban J connectivity index is 2.91. The van der Waals surface area contributed by atoms with E-state index in [2.05, 4.69) is 4.74 Å². The van der Waals surface area contributed by atoms with Crippen molar-refractivity contribution in [1.82, 2.24) is 0 Å². The van der Waals surface area contributed by atoms with E-state index in [9.17, 15) is 17.4 Å². The fourth-order valence-corrected chi connectivity index (χ4v) is 1.48. The molecule has 0 aromatic heterocycles. The molecule has 0 spiro atoms. The van der Waals surface area contributed by atoms with Crippen molar-refractivity contribution in [1.29, 1.82) is 0 Å². The zero-order chi connectivity index (χ0) is 11.5. The van der Waals surface area contributed by atoms with Gasteiger partial charge in [0.1, 0.15) is 5.75 Å². The molecule has 7 heteroatoms. The molecule has 1 atom stereocenters. The second-order valence-electron chi connectivity index (χ2n) is 2.62. The lowest BCUT2D eigenvalue weighted by Gasteiger charge is -2.11. The molecule has 3 nitrogen and oxygen atoms in total. The number of hydrogen-bond acceptors (Lipinski definition) is 2. The van der Waals surface area contributed by atoms with Gasteiger partial charge in [0.05, 0.1) is 5.75 Å². The number of hydrogen-bond donors (Lipinski definition) is 1. The summed E-state index contributed by atoms with van der Waals surface area (Å²) in [6.07, 6.45) is -4.80. The third-order valence-electron chi connectivity index (χ3n) is 1.48. The first-order valence-corrected chi connectivity index (χ1v) is 5.07. The van der Waals surface area contributed by atoms with E-state index in [0.717, 1.165) is 6.07 Å². The fraction of sp³-hybridized carbons (Fsp3) is 0.250. The number of para-hydroxylation sites is 1. The first-order chi connectivity index (χ1) is 6.88. The molecule has 1 aromatic rings. The SMILES string of the molecule is O=S(O)Cc1ccccc1OC(F)(F)F.